The number of anilines is 1. The predicted octanol–water partition coefficient (Wildman–Crippen LogP) is 1.89. The van der Waals surface area contributed by atoms with Gasteiger partial charge in [0.2, 0.25) is 0 Å². The molecule has 0 radical (unpaired) electrons. The van der Waals surface area contributed by atoms with Crippen molar-refractivity contribution in [3.63, 3.8) is 0 Å². The lowest BCUT2D eigenvalue weighted by atomic mass is 10.1. The first-order valence-corrected chi connectivity index (χ1v) is 7.97. The Morgan fingerprint density at radius 3 is 2.27 bits per heavy atom. The maximum Gasteiger partial charge on any atom is 0.255 e. The van der Waals surface area contributed by atoms with Crippen LogP contribution in [0.1, 0.15) is 31.8 Å². The van der Waals surface area contributed by atoms with Crippen LogP contribution in [0.15, 0.2) is 42.7 Å². The number of amides is 2. The van der Waals surface area contributed by atoms with Crippen LogP contribution >= 0.6 is 0 Å². The Balaban J connectivity index is 1.80. The summed E-state index contributed by atoms with van der Waals surface area (Å²) in [6.07, 6.45) is 1.50. The zero-order valence-corrected chi connectivity index (χ0v) is 14.6. The minimum absolute atomic E-state index is 0.167. The SMILES string of the molecule is CNC(=O)c1ccc(NC(=O)c2ccc(-n3cnnn3)c(C)c2)c(C)c1. The van der Waals surface area contributed by atoms with Gasteiger partial charge in [0.25, 0.3) is 11.8 Å². The number of hydrogen-bond acceptors (Lipinski definition) is 5. The number of hydrogen-bond donors (Lipinski definition) is 2. The molecule has 0 aliphatic rings. The topological polar surface area (TPSA) is 102 Å². The number of aromatic nitrogens is 4. The summed E-state index contributed by atoms with van der Waals surface area (Å²) in [5.41, 5.74) is 4.21. The minimum Gasteiger partial charge on any atom is -0.355 e. The summed E-state index contributed by atoms with van der Waals surface area (Å²) in [4.78, 5) is 24.2. The Hall–Kier alpha value is -3.55. The summed E-state index contributed by atoms with van der Waals surface area (Å²) in [6.45, 7) is 3.73. The Bertz CT molecular complexity index is 966. The average molecular weight is 350 g/mol. The lowest BCUT2D eigenvalue weighted by Crippen LogP contribution is -2.18. The molecule has 8 nitrogen and oxygen atoms in total. The molecule has 0 aliphatic carbocycles. The second-order valence-corrected chi connectivity index (χ2v) is 5.82. The average Bonchev–Trinajstić information content (AvgIpc) is 3.16. The van der Waals surface area contributed by atoms with Gasteiger partial charge in [-0.25, -0.2) is 4.68 Å². The molecule has 1 heterocycles. The van der Waals surface area contributed by atoms with Crippen LogP contribution in [-0.4, -0.2) is 39.1 Å². The second-order valence-electron chi connectivity index (χ2n) is 5.82. The summed E-state index contributed by atoms with van der Waals surface area (Å²) in [5, 5.41) is 16.5. The van der Waals surface area contributed by atoms with E-state index >= 15 is 0 Å². The highest BCUT2D eigenvalue weighted by molar-refractivity contribution is 6.05. The van der Waals surface area contributed by atoms with E-state index < -0.39 is 0 Å². The van der Waals surface area contributed by atoms with Crippen molar-refractivity contribution < 1.29 is 9.59 Å². The number of carbonyl (C=O) groups excluding carboxylic acids is 2. The van der Waals surface area contributed by atoms with E-state index in [9.17, 15) is 9.59 Å². The van der Waals surface area contributed by atoms with E-state index in [-0.39, 0.29) is 11.8 Å². The molecule has 26 heavy (non-hydrogen) atoms. The van der Waals surface area contributed by atoms with E-state index in [1.807, 2.05) is 13.8 Å². The molecule has 0 bridgehead atoms. The molecule has 2 amide bonds. The van der Waals surface area contributed by atoms with E-state index in [2.05, 4.69) is 26.2 Å². The number of rotatable bonds is 4. The van der Waals surface area contributed by atoms with Crippen molar-refractivity contribution in [2.75, 3.05) is 12.4 Å². The number of nitrogens with one attached hydrogen (secondary N) is 2. The zero-order chi connectivity index (χ0) is 18.7. The number of carbonyl (C=O) groups is 2. The van der Waals surface area contributed by atoms with Gasteiger partial charge in [0.1, 0.15) is 6.33 Å². The second kappa shape index (κ2) is 7.14. The van der Waals surface area contributed by atoms with Crippen LogP contribution in [0, 0.1) is 13.8 Å². The third kappa shape index (κ3) is 3.44. The molecule has 8 heteroatoms. The summed E-state index contributed by atoms with van der Waals surface area (Å²) in [6, 6.07) is 10.4. The van der Waals surface area contributed by atoms with E-state index in [0.717, 1.165) is 16.8 Å². The molecule has 0 atom stereocenters. The standard InChI is InChI=1S/C18H18N6O2/c1-11-8-13(17(25)19-3)4-6-15(11)21-18(26)14-5-7-16(12(2)9-14)24-10-20-22-23-24/h4-10H,1-3H3,(H,19,25)(H,21,26). The van der Waals surface area contributed by atoms with Gasteiger partial charge in [0, 0.05) is 23.9 Å². The van der Waals surface area contributed by atoms with Gasteiger partial charge >= 0.3 is 0 Å². The smallest absolute Gasteiger partial charge is 0.255 e. The fourth-order valence-electron chi connectivity index (χ4n) is 2.61. The Kier molecular flexibility index (Phi) is 4.74. The summed E-state index contributed by atoms with van der Waals surface area (Å²) < 4.78 is 1.54. The summed E-state index contributed by atoms with van der Waals surface area (Å²) in [5.74, 6) is -0.396. The molecule has 2 aromatic carbocycles. The normalized spacial score (nSPS) is 10.4. The molecule has 0 fully saturated rings. The predicted molar refractivity (Wildman–Crippen MR) is 96.4 cm³/mol. The van der Waals surface area contributed by atoms with Crippen molar-refractivity contribution in [1.29, 1.82) is 0 Å². The molecule has 3 aromatic rings. The third-order valence-corrected chi connectivity index (χ3v) is 4.02. The van der Waals surface area contributed by atoms with E-state index in [1.165, 1.54) is 6.33 Å². The van der Waals surface area contributed by atoms with Gasteiger partial charge in [-0.3, -0.25) is 9.59 Å². The number of aryl methyl sites for hydroxylation is 2. The van der Waals surface area contributed by atoms with E-state index in [0.29, 0.717) is 16.8 Å². The van der Waals surface area contributed by atoms with Gasteiger partial charge in [-0.05, 0) is 71.8 Å². The van der Waals surface area contributed by atoms with Crippen molar-refractivity contribution in [3.05, 3.63) is 65.0 Å². The monoisotopic (exact) mass is 350 g/mol. The van der Waals surface area contributed by atoms with Crippen molar-refractivity contribution in [1.82, 2.24) is 25.5 Å². The van der Waals surface area contributed by atoms with Crippen LogP contribution in [0.3, 0.4) is 0 Å². The zero-order valence-electron chi connectivity index (χ0n) is 14.6. The van der Waals surface area contributed by atoms with Gasteiger partial charge in [0.05, 0.1) is 5.69 Å². The molecule has 2 N–H and O–H groups in total. The molecule has 0 aliphatic heterocycles. The number of nitrogens with zero attached hydrogens (tertiary/aromatic N) is 4. The van der Waals surface area contributed by atoms with Crippen molar-refractivity contribution in [2.24, 2.45) is 0 Å². The Labute approximate surface area is 150 Å². The van der Waals surface area contributed by atoms with Crippen LogP contribution in [0.2, 0.25) is 0 Å². The molecule has 0 saturated heterocycles. The molecule has 0 spiro atoms. The molecular weight excluding hydrogens is 332 g/mol. The van der Waals surface area contributed by atoms with Gasteiger partial charge < -0.3 is 10.6 Å². The van der Waals surface area contributed by atoms with Crippen molar-refractivity contribution >= 4 is 17.5 Å². The number of benzene rings is 2. The fraction of sp³-hybridized carbons (Fsp3) is 0.167. The first kappa shape index (κ1) is 17.3. The molecule has 3 rings (SSSR count). The third-order valence-electron chi connectivity index (χ3n) is 4.02. The summed E-state index contributed by atoms with van der Waals surface area (Å²) in [7, 11) is 1.58. The van der Waals surface area contributed by atoms with Gasteiger partial charge in [0.15, 0.2) is 0 Å². The van der Waals surface area contributed by atoms with Crippen LogP contribution in [-0.2, 0) is 0 Å². The quantitative estimate of drug-likeness (QED) is 0.748. The highest BCUT2D eigenvalue weighted by Gasteiger charge is 2.12. The highest BCUT2D eigenvalue weighted by Crippen LogP contribution is 2.19. The number of tetrazole rings is 1. The molecular formula is C18H18N6O2. The van der Waals surface area contributed by atoms with Crippen LogP contribution in [0.25, 0.3) is 5.69 Å². The van der Waals surface area contributed by atoms with Crippen LogP contribution in [0.5, 0.6) is 0 Å². The Morgan fingerprint density at radius 1 is 0.962 bits per heavy atom. The van der Waals surface area contributed by atoms with Gasteiger partial charge in [-0.1, -0.05) is 0 Å². The van der Waals surface area contributed by atoms with Crippen LogP contribution < -0.4 is 10.6 Å². The molecule has 132 valence electrons. The Morgan fingerprint density at radius 2 is 1.65 bits per heavy atom. The van der Waals surface area contributed by atoms with E-state index in [1.54, 1.807) is 48.1 Å². The van der Waals surface area contributed by atoms with E-state index in [4.69, 9.17) is 0 Å². The molecule has 1 aromatic heterocycles. The maximum absolute atomic E-state index is 12.6. The van der Waals surface area contributed by atoms with Gasteiger partial charge in [-0.15, -0.1) is 5.10 Å². The van der Waals surface area contributed by atoms with Crippen molar-refractivity contribution in [3.8, 4) is 5.69 Å². The first-order valence-electron chi connectivity index (χ1n) is 7.97. The van der Waals surface area contributed by atoms with Gasteiger partial charge in [-0.2, -0.15) is 0 Å². The first-order chi connectivity index (χ1) is 12.5. The summed E-state index contributed by atoms with van der Waals surface area (Å²) >= 11 is 0. The fourth-order valence-corrected chi connectivity index (χ4v) is 2.61. The molecule has 0 saturated carbocycles. The lowest BCUT2D eigenvalue weighted by Gasteiger charge is -2.11. The maximum atomic E-state index is 12.6. The lowest BCUT2D eigenvalue weighted by molar-refractivity contribution is 0.0962. The van der Waals surface area contributed by atoms with Crippen LogP contribution in [0.4, 0.5) is 5.69 Å². The minimum atomic E-state index is -0.229. The van der Waals surface area contributed by atoms with Crippen molar-refractivity contribution in [2.45, 2.75) is 13.8 Å². The largest absolute Gasteiger partial charge is 0.355 e. The highest BCUT2D eigenvalue weighted by atomic mass is 16.2. The molecule has 0 unspecified atom stereocenters.